The Labute approximate surface area is 130 Å². The summed E-state index contributed by atoms with van der Waals surface area (Å²) in [4.78, 5) is 25.7. The Kier molecular flexibility index (Phi) is 4.84. The number of hydrogen-bond donors (Lipinski definition) is 0. The van der Waals surface area contributed by atoms with E-state index in [0.717, 1.165) is 5.56 Å². The van der Waals surface area contributed by atoms with E-state index < -0.39 is 11.7 Å². The molecule has 1 aliphatic rings. The molecule has 1 heterocycles. The highest BCUT2D eigenvalue weighted by Crippen LogP contribution is 2.20. The third-order valence-corrected chi connectivity index (χ3v) is 3.55. The number of carbonyl (C=O) groups is 2. The van der Waals surface area contributed by atoms with Crippen molar-refractivity contribution in [2.24, 2.45) is 5.92 Å². The van der Waals surface area contributed by atoms with Crippen molar-refractivity contribution in [3.05, 3.63) is 35.6 Å². The number of halogens is 1. The highest BCUT2D eigenvalue weighted by molar-refractivity contribution is 5.84. The molecule has 5 heteroatoms. The highest BCUT2D eigenvalue weighted by atomic mass is 19.1. The molecule has 120 valence electrons. The van der Waals surface area contributed by atoms with Gasteiger partial charge in [-0.3, -0.25) is 4.79 Å². The first-order valence-electron chi connectivity index (χ1n) is 7.50. The Bertz CT molecular complexity index is 565. The van der Waals surface area contributed by atoms with Crippen LogP contribution in [-0.2, 0) is 16.0 Å². The SMILES string of the molecule is CC(C)(C)OC(=O)N1CCC(=O)C(Cc2cccc(F)c2)C1. The van der Waals surface area contributed by atoms with Crippen molar-refractivity contribution < 1.29 is 18.7 Å². The van der Waals surface area contributed by atoms with Gasteiger partial charge in [-0.25, -0.2) is 9.18 Å². The zero-order chi connectivity index (χ0) is 16.3. The number of rotatable bonds is 2. The van der Waals surface area contributed by atoms with Crippen LogP contribution in [0.25, 0.3) is 0 Å². The molecule has 1 unspecified atom stereocenters. The second-order valence-electron chi connectivity index (χ2n) is 6.67. The molecule has 0 bridgehead atoms. The molecule has 4 nitrogen and oxygen atoms in total. The number of ketones is 1. The average molecular weight is 307 g/mol. The van der Waals surface area contributed by atoms with Gasteiger partial charge in [0, 0.05) is 25.4 Å². The van der Waals surface area contributed by atoms with Crippen LogP contribution in [0.1, 0.15) is 32.8 Å². The van der Waals surface area contributed by atoms with Crippen LogP contribution in [0, 0.1) is 11.7 Å². The quantitative estimate of drug-likeness (QED) is 0.843. The minimum atomic E-state index is -0.559. The molecule has 1 fully saturated rings. The molecular formula is C17H22FNO3. The van der Waals surface area contributed by atoms with Crippen LogP contribution in [0.2, 0.25) is 0 Å². The minimum absolute atomic E-state index is 0.115. The zero-order valence-corrected chi connectivity index (χ0v) is 13.3. The van der Waals surface area contributed by atoms with E-state index in [1.165, 1.54) is 12.1 Å². The molecule has 1 aromatic rings. The lowest BCUT2D eigenvalue weighted by molar-refractivity contribution is -0.125. The van der Waals surface area contributed by atoms with Crippen molar-refractivity contribution in [3.63, 3.8) is 0 Å². The molecule has 1 saturated heterocycles. The Balaban J connectivity index is 2.02. The number of hydrogen-bond acceptors (Lipinski definition) is 3. The summed E-state index contributed by atoms with van der Waals surface area (Å²) < 4.78 is 18.6. The molecule has 0 saturated carbocycles. The number of carbonyl (C=O) groups excluding carboxylic acids is 2. The van der Waals surface area contributed by atoms with Crippen LogP contribution in [0.15, 0.2) is 24.3 Å². The van der Waals surface area contributed by atoms with Crippen LogP contribution in [0.3, 0.4) is 0 Å². The van der Waals surface area contributed by atoms with E-state index in [4.69, 9.17) is 4.74 Å². The third kappa shape index (κ3) is 4.55. The van der Waals surface area contributed by atoms with Gasteiger partial charge in [-0.1, -0.05) is 12.1 Å². The Morgan fingerprint density at radius 1 is 1.41 bits per heavy atom. The molecule has 1 aliphatic heterocycles. The van der Waals surface area contributed by atoms with E-state index in [0.29, 0.717) is 25.9 Å². The van der Waals surface area contributed by atoms with Crippen molar-refractivity contribution in [1.82, 2.24) is 4.90 Å². The Morgan fingerprint density at radius 3 is 2.77 bits per heavy atom. The second-order valence-corrected chi connectivity index (χ2v) is 6.67. The molecule has 0 N–H and O–H groups in total. The largest absolute Gasteiger partial charge is 0.444 e. The number of likely N-dealkylation sites (tertiary alicyclic amines) is 1. The maximum atomic E-state index is 13.2. The van der Waals surface area contributed by atoms with Gasteiger partial charge in [-0.05, 0) is 44.9 Å². The van der Waals surface area contributed by atoms with Crippen molar-refractivity contribution in [2.75, 3.05) is 13.1 Å². The van der Waals surface area contributed by atoms with E-state index in [9.17, 15) is 14.0 Å². The fraction of sp³-hybridized carbons (Fsp3) is 0.529. The van der Waals surface area contributed by atoms with Crippen molar-refractivity contribution in [2.45, 2.75) is 39.2 Å². The first-order valence-corrected chi connectivity index (χ1v) is 7.50. The van der Waals surface area contributed by atoms with Crippen LogP contribution in [0.4, 0.5) is 9.18 Å². The summed E-state index contributed by atoms with van der Waals surface area (Å²) in [6.07, 6.45) is 0.360. The van der Waals surface area contributed by atoms with Crippen molar-refractivity contribution >= 4 is 11.9 Å². The number of benzene rings is 1. The minimum Gasteiger partial charge on any atom is -0.444 e. The summed E-state index contributed by atoms with van der Waals surface area (Å²) in [5, 5.41) is 0. The van der Waals surface area contributed by atoms with Gasteiger partial charge >= 0.3 is 6.09 Å². The molecule has 1 aromatic carbocycles. The summed E-state index contributed by atoms with van der Waals surface area (Å²) >= 11 is 0. The van der Waals surface area contributed by atoms with Gasteiger partial charge in [0.15, 0.2) is 0 Å². The lowest BCUT2D eigenvalue weighted by Crippen LogP contribution is -2.46. The van der Waals surface area contributed by atoms with Gasteiger partial charge in [-0.15, -0.1) is 0 Å². The summed E-state index contributed by atoms with van der Waals surface area (Å²) in [7, 11) is 0. The van der Waals surface area contributed by atoms with E-state index in [1.807, 2.05) is 20.8 Å². The first kappa shape index (κ1) is 16.5. The molecule has 22 heavy (non-hydrogen) atoms. The lowest BCUT2D eigenvalue weighted by atomic mass is 9.90. The third-order valence-electron chi connectivity index (χ3n) is 3.55. The molecule has 1 atom stereocenters. The van der Waals surface area contributed by atoms with E-state index in [2.05, 4.69) is 0 Å². The number of Topliss-reactive ketones (excluding diaryl/α,β-unsaturated/α-hetero) is 1. The predicted octanol–water partition coefficient (Wildman–Crippen LogP) is 3.19. The molecule has 0 spiro atoms. The topological polar surface area (TPSA) is 46.6 Å². The molecular weight excluding hydrogens is 285 g/mol. The fourth-order valence-electron chi connectivity index (χ4n) is 2.53. The maximum Gasteiger partial charge on any atom is 0.410 e. The first-order chi connectivity index (χ1) is 10.2. The summed E-state index contributed by atoms with van der Waals surface area (Å²) in [6, 6.07) is 6.23. The van der Waals surface area contributed by atoms with Gasteiger partial charge in [0.2, 0.25) is 0 Å². The number of ether oxygens (including phenoxy) is 1. The summed E-state index contributed by atoms with van der Waals surface area (Å²) in [5.74, 6) is -0.503. The Hall–Kier alpha value is -1.91. The lowest BCUT2D eigenvalue weighted by Gasteiger charge is -2.33. The van der Waals surface area contributed by atoms with Crippen LogP contribution < -0.4 is 0 Å². The van der Waals surface area contributed by atoms with Crippen molar-refractivity contribution in [3.8, 4) is 0 Å². The molecule has 0 aliphatic carbocycles. The summed E-state index contributed by atoms with van der Waals surface area (Å²) in [6.45, 7) is 6.14. The van der Waals surface area contributed by atoms with Gasteiger partial charge in [0.25, 0.3) is 0 Å². The van der Waals surface area contributed by atoms with Gasteiger partial charge < -0.3 is 9.64 Å². The van der Waals surface area contributed by atoms with Gasteiger partial charge in [-0.2, -0.15) is 0 Å². The standard InChI is InChI=1S/C17H22FNO3/c1-17(2,3)22-16(21)19-8-7-15(20)13(11-19)9-12-5-4-6-14(18)10-12/h4-6,10,13H,7-9,11H2,1-3H3. The average Bonchev–Trinajstić information content (AvgIpc) is 2.39. The molecule has 0 radical (unpaired) electrons. The van der Waals surface area contributed by atoms with Crippen LogP contribution >= 0.6 is 0 Å². The smallest absolute Gasteiger partial charge is 0.410 e. The summed E-state index contributed by atoms with van der Waals surface area (Å²) in [5.41, 5.74) is 0.209. The van der Waals surface area contributed by atoms with E-state index in [1.54, 1.807) is 17.0 Å². The zero-order valence-electron chi connectivity index (χ0n) is 13.3. The molecule has 2 rings (SSSR count). The van der Waals surface area contributed by atoms with Crippen molar-refractivity contribution in [1.29, 1.82) is 0 Å². The van der Waals surface area contributed by atoms with E-state index >= 15 is 0 Å². The normalized spacial score (nSPS) is 19.2. The Morgan fingerprint density at radius 2 is 2.14 bits per heavy atom. The van der Waals surface area contributed by atoms with E-state index in [-0.39, 0.29) is 17.5 Å². The second kappa shape index (κ2) is 6.46. The number of amides is 1. The number of piperidine rings is 1. The van der Waals surface area contributed by atoms with Gasteiger partial charge in [0.05, 0.1) is 0 Å². The van der Waals surface area contributed by atoms with Crippen LogP contribution in [0.5, 0.6) is 0 Å². The van der Waals surface area contributed by atoms with Crippen LogP contribution in [-0.4, -0.2) is 35.5 Å². The highest BCUT2D eigenvalue weighted by Gasteiger charge is 2.32. The monoisotopic (exact) mass is 307 g/mol. The maximum absolute atomic E-state index is 13.2. The fourth-order valence-corrected chi connectivity index (χ4v) is 2.53. The van der Waals surface area contributed by atoms with Gasteiger partial charge in [0.1, 0.15) is 17.2 Å². The number of nitrogens with zero attached hydrogens (tertiary/aromatic N) is 1. The molecule has 1 amide bonds. The molecule has 0 aromatic heterocycles. The predicted molar refractivity (Wildman–Crippen MR) is 81.0 cm³/mol.